The highest BCUT2D eigenvalue weighted by molar-refractivity contribution is 5.99. The number of carboxylic acids is 2. The second-order valence-electron chi connectivity index (χ2n) is 21.6. The van der Waals surface area contributed by atoms with Crippen LogP contribution in [0.2, 0.25) is 0 Å². The molecule has 0 saturated carbocycles. The largest absolute Gasteiger partial charge is 0.508 e. The number of hydrogen-bond donors (Lipinski definition) is 15. The Balaban J connectivity index is 2.00. The van der Waals surface area contributed by atoms with E-state index in [0.717, 1.165) is 4.90 Å². The maximum Gasteiger partial charge on any atom is 0.326 e. The number of benzene rings is 2. The quantitative estimate of drug-likeness (QED) is 0.0197. The summed E-state index contributed by atoms with van der Waals surface area (Å²) in [5.74, 6) is -12.0. The number of hydrogen-bond acceptors (Lipinski definition) is 15. The van der Waals surface area contributed by atoms with Crippen LogP contribution in [0.25, 0.3) is 0 Å². The topological polar surface area (TPSA) is 459 Å². The molecule has 10 atom stereocenters. The number of aliphatic imine (C=N–C) groups is 1. The molecule has 464 valence electrons. The number of carbonyl (C=O) groups excluding carboxylic acids is 9. The Morgan fingerprint density at radius 2 is 1.13 bits per heavy atom. The van der Waals surface area contributed by atoms with Crippen LogP contribution in [0.4, 0.5) is 0 Å². The summed E-state index contributed by atoms with van der Waals surface area (Å²) in [7, 11) is 0. The van der Waals surface area contributed by atoms with Crippen LogP contribution in [-0.2, 0) is 65.6 Å². The molecule has 1 aliphatic rings. The maximum atomic E-state index is 14.6. The summed E-state index contributed by atoms with van der Waals surface area (Å²) in [5.41, 5.74) is 17.4. The number of nitrogens with one attached hydrogen (secondary N) is 8. The summed E-state index contributed by atoms with van der Waals surface area (Å²) >= 11 is 0. The van der Waals surface area contributed by atoms with Gasteiger partial charge in [-0.05, 0) is 79.5 Å². The van der Waals surface area contributed by atoms with Gasteiger partial charge in [0.1, 0.15) is 60.1 Å². The van der Waals surface area contributed by atoms with E-state index in [1.54, 1.807) is 71.9 Å². The van der Waals surface area contributed by atoms with Gasteiger partial charge in [-0.25, -0.2) is 4.79 Å². The van der Waals surface area contributed by atoms with Crippen molar-refractivity contribution in [3.8, 4) is 5.75 Å². The number of aliphatic carboxylic acids is 2. The molecule has 2 aromatic rings. The van der Waals surface area contributed by atoms with Crippen LogP contribution in [0, 0.1) is 17.8 Å². The van der Waals surface area contributed by atoms with Crippen LogP contribution in [-0.4, -0.2) is 177 Å². The molecule has 0 spiro atoms. The summed E-state index contributed by atoms with van der Waals surface area (Å²) in [6, 6.07) is 0.599. The number of guanidine groups is 1. The van der Waals surface area contributed by atoms with E-state index in [-0.39, 0.29) is 81.6 Å². The number of amides is 9. The van der Waals surface area contributed by atoms with Gasteiger partial charge < -0.3 is 85.1 Å². The number of phenolic OH excluding ortho intramolecular Hbond substituents is 1. The van der Waals surface area contributed by atoms with Gasteiger partial charge in [-0.1, -0.05) is 90.4 Å². The normalized spacial score (nSPS) is 16.2. The first-order valence-electron chi connectivity index (χ1n) is 28.0. The lowest BCUT2D eigenvalue weighted by Crippen LogP contribution is -2.61. The number of carboxylic acid groups (broad SMARTS) is 2. The van der Waals surface area contributed by atoms with Crippen molar-refractivity contribution < 1.29 is 73.2 Å². The van der Waals surface area contributed by atoms with Crippen molar-refractivity contribution in [3.63, 3.8) is 0 Å². The maximum absolute atomic E-state index is 14.6. The minimum atomic E-state index is -1.93. The number of carbonyl (C=O) groups is 11. The Hall–Kier alpha value is -8.40. The predicted octanol–water partition coefficient (Wildman–Crippen LogP) is -2.25. The van der Waals surface area contributed by atoms with E-state index in [4.69, 9.17) is 17.2 Å². The lowest BCUT2D eigenvalue weighted by Gasteiger charge is -2.30. The molecule has 0 aliphatic carbocycles. The number of rotatable bonds is 35. The number of phenols is 1. The Morgan fingerprint density at radius 1 is 0.631 bits per heavy atom. The van der Waals surface area contributed by atoms with E-state index in [1.165, 1.54) is 24.3 Å². The van der Waals surface area contributed by atoms with Crippen molar-refractivity contribution in [1.82, 2.24) is 47.4 Å². The third-order valence-corrected chi connectivity index (χ3v) is 13.8. The van der Waals surface area contributed by atoms with Crippen LogP contribution in [0.15, 0.2) is 59.6 Å². The van der Waals surface area contributed by atoms with Crippen molar-refractivity contribution in [2.75, 3.05) is 26.2 Å². The molecule has 1 heterocycles. The minimum absolute atomic E-state index is 0.0222. The van der Waals surface area contributed by atoms with Crippen molar-refractivity contribution in [3.05, 3.63) is 65.7 Å². The summed E-state index contributed by atoms with van der Waals surface area (Å²) in [4.78, 5) is 155. The van der Waals surface area contributed by atoms with Gasteiger partial charge >= 0.3 is 11.9 Å². The molecule has 18 N–H and O–H groups in total. The van der Waals surface area contributed by atoms with Gasteiger partial charge in [0.15, 0.2) is 5.96 Å². The van der Waals surface area contributed by atoms with Crippen molar-refractivity contribution in [2.45, 2.75) is 160 Å². The third-order valence-electron chi connectivity index (χ3n) is 13.8. The van der Waals surface area contributed by atoms with E-state index >= 15 is 0 Å². The summed E-state index contributed by atoms with van der Waals surface area (Å²) in [6.07, 6.45) is -0.662. The fourth-order valence-corrected chi connectivity index (χ4v) is 9.20. The highest BCUT2D eigenvalue weighted by Gasteiger charge is 2.41. The van der Waals surface area contributed by atoms with Gasteiger partial charge in [-0.15, -0.1) is 0 Å². The number of aliphatic hydroxyl groups is 1. The molecule has 3 rings (SSSR count). The monoisotopic (exact) mass is 1180 g/mol. The number of aromatic hydroxyl groups is 1. The molecule has 0 bridgehead atoms. The lowest BCUT2D eigenvalue weighted by molar-refractivity contribution is -0.145. The zero-order valence-electron chi connectivity index (χ0n) is 48.4. The van der Waals surface area contributed by atoms with Crippen LogP contribution in [0.5, 0.6) is 5.75 Å². The van der Waals surface area contributed by atoms with Gasteiger partial charge in [0.05, 0.1) is 19.6 Å². The summed E-state index contributed by atoms with van der Waals surface area (Å²) in [6.45, 7) is 9.24. The average Bonchev–Trinajstić information content (AvgIpc) is 4.16. The zero-order chi connectivity index (χ0) is 62.8. The van der Waals surface area contributed by atoms with Crippen molar-refractivity contribution in [2.24, 2.45) is 39.9 Å². The summed E-state index contributed by atoms with van der Waals surface area (Å²) < 4.78 is 0. The first kappa shape index (κ1) is 69.9. The molecule has 9 amide bonds. The Labute approximate surface area is 488 Å². The average molecular weight is 1180 g/mol. The smallest absolute Gasteiger partial charge is 0.326 e. The Kier molecular flexibility index (Phi) is 29.0. The van der Waals surface area contributed by atoms with Gasteiger partial charge in [-0.2, -0.15) is 0 Å². The number of nitrogens with zero attached hydrogens (tertiary/aromatic N) is 2. The summed E-state index contributed by atoms with van der Waals surface area (Å²) in [5, 5.41) is 60.7. The fraction of sp³-hybridized carbons (Fsp3) is 0.571. The van der Waals surface area contributed by atoms with Crippen LogP contribution < -0.4 is 59.7 Å². The van der Waals surface area contributed by atoms with Gasteiger partial charge in [-0.3, -0.25) is 52.9 Å². The Bertz CT molecular complexity index is 2600. The van der Waals surface area contributed by atoms with Crippen molar-refractivity contribution >= 4 is 71.1 Å². The molecule has 2 aromatic carbocycles. The number of nitrogens with two attached hydrogens (primary N) is 3. The second-order valence-corrected chi connectivity index (χ2v) is 21.6. The van der Waals surface area contributed by atoms with E-state index in [0.29, 0.717) is 24.0 Å². The van der Waals surface area contributed by atoms with E-state index in [1.807, 2.05) is 0 Å². The first-order valence-corrected chi connectivity index (χ1v) is 28.0. The highest BCUT2D eigenvalue weighted by Crippen LogP contribution is 2.21. The van der Waals surface area contributed by atoms with E-state index < -0.39 is 145 Å². The molecule has 28 nitrogen and oxygen atoms in total. The predicted molar refractivity (Wildman–Crippen MR) is 306 cm³/mol. The standard InChI is InChI=1S/C56H85N13O15/c1-7-32(6)46(68-44(72)28-57)53(81)65-37(23-30(2)3)48(76)61-36(15-11-21-60-56(58)59)47(75)64-40(27-45(73)74)51(79)63-38(25-33-13-9-8-10-14-33)49(77)62-39(26-34-17-19-35(71)20-18-34)50(78)67-42(29-70)54(82)69-22-12-16-43(69)52(80)66-41(55(83)84)24-31(4)5/h8-10,13-14,17-20,30-32,36-43,46,70-71H,7,11-12,15-16,21-29,57H2,1-6H3,(H,61,76)(H,62,77)(H,63,79)(H,64,75)(H,65,81)(H,66,80)(H,67,78)(H,68,72)(H,73,74)(H,83,84)(H4,58,59,60)/t32-,36-,37-,38-,39-,40-,41-,42-,43-,46-/m0/s1. The van der Waals surface area contributed by atoms with Crippen LogP contribution in [0.1, 0.15) is 104 Å². The molecule has 0 radical (unpaired) electrons. The van der Waals surface area contributed by atoms with Gasteiger partial charge in [0.2, 0.25) is 53.2 Å². The lowest BCUT2D eigenvalue weighted by atomic mass is 9.96. The van der Waals surface area contributed by atoms with E-state index in [2.05, 4.69) is 47.5 Å². The number of aliphatic hydroxyl groups excluding tert-OH is 1. The van der Waals surface area contributed by atoms with Crippen molar-refractivity contribution in [1.29, 1.82) is 0 Å². The first-order chi connectivity index (χ1) is 39.7. The van der Waals surface area contributed by atoms with Gasteiger partial charge in [0, 0.05) is 25.9 Å². The molecule has 1 aliphatic heterocycles. The molecular weight excluding hydrogens is 1090 g/mol. The zero-order valence-corrected chi connectivity index (χ0v) is 48.4. The Morgan fingerprint density at radius 3 is 1.65 bits per heavy atom. The number of likely N-dealkylation sites (tertiary alicyclic amines) is 1. The van der Waals surface area contributed by atoms with Gasteiger partial charge in [0.25, 0.3) is 0 Å². The van der Waals surface area contributed by atoms with Crippen LogP contribution in [0.3, 0.4) is 0 Å². The molecule has 1 saturated heterocycles. The molecule has 28 heteroatoms. The SMILES string of the molecule is CC[C@H](C)[C@H](NC(=O)CN)C(=O)N[C@@H](CC(C)C)C(=O)N[C@@H](CCCN=C(N)N)C(=O)N[C@@H](CC(=O)O)C(=O)N[C@@H](Cc1ccccc1)C(=O)N[C@@H](Cc1ccc(O)cc1)C(=O)N[C@@H](CO)C(=O)N1CCC[C@H]1C(=O)N[C@@H](CC(C)C)C(=O)O. The molecule has 1 fully saturated rings. The molecule has 0 aromatic heterocycles. The van der Waals surface area contributed by atoms with E-state index in [9.17, 15) is 73.2 Å². The highest BCUT2D eigenvalue weighted by atomic mass is 16.4. The molecule has 0 unspecified atom stereocenters. The second kappa shape index (κ2) is 34.9. The fourth-order valence-electron chi connectivity index (χ4n) is 9.20. The third kappa shape index (κ3) is 23.5. The minimum Gasteiger partial charge on any atom is -0.508 e. The molecule has 84 heavy (non-hydrogen) atoms. The molecular formula is C56H85N13O15. The van der Waals surface area contributed by atoms with Crippen LogP contribution >= 0.6 is 0 Å².